The lowest BCUT2D eigenvalue weighted by Gasteiger charge is -2.15. The molecule has 0 saturated carbocycles. The van der Waals surface area contributed by atoms with E-state index < -0.39 is 0 Å². The minimum atomic E-state index is 0.984. The van der Waals surface area contributed by atoms with Crippen molar-refractivity contribution in [3.05, 3.63) is 30.1 Å². The second-order valence-electron chi connectivity index (χ2n) is 3.56. The van der Waals surface area contributed by atoms with Crippen LogP contribution >= 0.6 is 0 Å². The van der Waals surface area contributed by atoms with Crippen molar-refractivity contribution < 1.29 is 0 Å². The number of rotatable bonds is 6. The van der Waals surface area contributed by atoms with E-state index in [1.807, 2.05) is 25.5 Å². The average Bonchev–Trinajstić information content (AvgIpc) is 2.20. The summed E-state index contributed by atoms with van der Waals surface area (Å²) in [7, 11) is 4.13. The molecule has 1 heterocycles. The predicted octanol–water partition coefficient (Wildman–Crippen LogP) is 1.12. The first-order chi connectivity index (χ1) is 6.83. The summed E-state index contributed by atoms with van der Waals surface area (Å²) in [5, 5.41) is 3.15. The van der Waals surface area contributed by atoms with Crippen molar-refractivity contribution in [2.45, 2.75) is 13.0 Å². The van der Waals surface area contributed by atoms with Crippen LogP contribution in [0.15, 0.2) is 24.5 Å². The minimum Gasteiger partial charge on any atom is -0.320 e. The zero-order valence-electron chi connectivity index (χ0n) is 9.03. The zero-order valence-corrected chi connectivity index (χ0v) is 9.03. The predicted molar refractivity (Wildman–Crippen MR) is 59.1 cm³/mol. The normalized spacial score (nSPS) is 10.8. The van der Waals surface area contributed by atoms with Crippen LogP contribution in [-0.4, -0.2) is 37.1 Å². The van der Waals surface area contributed by atoms with Crippen LogP contribution in [0.3, 0.4) is 0 Å². The van der Waals surface area contributed by atoms with Gasteiger partial charge in [-0.05, 0) is 45.2 Å². The third kappa shape index (κ3) is 4.35. The van der Waals surface area contributed by atoms with Gasteiger partial charge in [0.25, 0.3) is 0 Å². The molecule has 0 aromatic carbocycles. The Hall–Kier alpha value is -0.930. The molecule has 0 saturated heterocycles. The maximum Gasteiger partial charge on any atom is 0.0312 e. The van der Waals surface area contributed by atoms with Gasteiger partial charge in [0.05, 0.1) is 0 Å². The highest BCUT2D eigenvalue weighted by Crippen LogP contribution is 2.00. The summed E-state index contributed by atoms with van der Waals surface area (Å²) in [4.78, 5) is 6.41. The molecular formula is C11H19N3. The first-order valence-electron chi connectivity index (χ1n) is 5.05. The minimum absolute atomic E-state index is 0.984. The monoisotopic (exact) mass is 193 g/mol. The molecule has 0 spiro atoms. The highest BCUT2D eigenvalue weighted by Gasteiger charge is 1.98. The maximum absolute atomic E-state index is 4.10. The number of hydrogen-bond acceptors (Lipinski definition) is 3. The van der Waals surface area contributed by atoms with Gasteiger partial charge in [-0.25, -0.2) is 0 Å². The van der Waals surface area contributed by atoms with E-state index in [1.165, 1.54) is 12.0 Å². The molecule has 78 valence electrons. The maximum atomic E-state index is 4.10. The smallest absolute Gasteiger partial charge is 0.0312 e. The topological polar surface area (TPSA) is 28.2 Å². The molecule has 0 fully saturated rings. The van der Waals surface area contributed by atoms with E-state index >= 15 is 0 Å². The van der Waals surface area contributed by atoms with Crippen LogP contribution in [0.2, 0.25) is 0 Å². The molecular weight excluding hydrogens is 174 g/mol. The summed E-state index contributed by atoms with van der Waals surface area (Å²) in [5.41, 5.74) is 1.28. The Labute approximate surface area is 86.2 Å². The van der Waals surface area contributed by atoms with E-state index in [2.05, 4.69) is 28.3 Å². The fourth-order valence-electron chi connectivity index (χ4n) is 1.41. The molecule has 0 unspecified atom stereocenters. The van der Waals surface area contributed by atoms with E-state index in [-0.39, 0.29) is 0 Å². The van der Waals surface area contributed by atoms with Crippen molar-refractivity contribution in [1.29, 1.82) is 0 Å². The van der Waals surface area contributed by atoms with Crippen molar-refractivity contribution in [2.75, 3.05) is 27.2 Å². The van der Waals surface area contributed by atoms with Crippen LogP contribution in [0.25, 0.3) is 0 Å². The van der Waals surface area contributed by atoms with Crippen LogP contribution in [0.5, 0.6) is 0 Å². The van der Waals surface area contributed by atoms with Gasteiger partial charge in [0, 0.05) is 18.9 Å². The van der Waals surface area contributed by atoms with Gasteiger partial charge >= 0.3 is 0 Å². The second kappa shape index (κ2) is 6.51. The molecule has 0 aliphatic heterocycles. The first-order valence-corrected chi connectivity index (χ1v) is 5.05. The van der Waals surface area contributed by atoms with E-state index in [0.29, 0.717) is 0 Å². The lowest BCUT2D eigenvalue weighted by molar-refractivity contribution is 0.321. The largest absolute Gasteiger partial charge is 0.320 e. The Morgan fingerprint density at radius 2 is 2.36 bits per heavy atom. The molecule has 1 N–H and O–H groups in total. The number of hydrogen-bond donors (Lipinski definition) is 1. The fraction of sp³-hybridized carbons (Fsp3) is 0.545. The van der Waals surface area contributed by atoms with E-state index in [1.54, 1.807) is 0 Å². The van der Waals surface area contributed by atoms with E-state index in [4.69, 9.17) is 0 Å². The van der Waals surface area contributed by atoms with Gasteiger partial charge in [0.15, 0.2) is 0 Å². The highest BCUT2D eigenvalue weighted by molar-refractivity contribution is 5.07. The molecule has 0 atom stereocenters. The molecule has 1 aromatic rings. The van der Waals surface area contributed by atoms with Crippen molar-refractivity contribution in [3.63, 3.8) is 0 Å². The van der Waals surface area contributed by atoms with Crippen LogP contribution in [0, 0.1) is 0 Å². The summed E-state index contributed by atoms with van der Waals surface area (Å²) in [6.07, 6.45) is 4.92. The van der Waals surface area contributed by atoms with E-state index in [9.17, 15) is 0 Å². The second-order valence-corrected chi connectivity index (χ2v) is 3.56. The number of aromatic nitrogens is 1. The molecule has 0 radical (unpaired) electrons. The fourth-order valence-corrected chi connectivity index (χ4v) is 1.41. The Morgan fingerprint density at radius 1 is 1.50 bits per heavy atom. The quantitative estimate of drug-likeness (QED) is 0.686. The Kier molecular flexibility index (Phi) is 5.19. The Bertz CT molecular complexity index is 236. The number of pyridine rings is 1. The summed E-state index contributed by atoms with van der Waals surface area (Å²) in [5.74, 6) is 0. The van der Waals surface area contributed by atoms with Gasteiger partial charge < -0.3 is 10.2 Å². The molecule has 3 heteroatoms. The third-order valence-corrected chi connectivity index (χ3v) is 2.14. The van der Waals surface area contributed by atoms with Gasteiger partial charge in [0.2, 0.25) is 0 Å². The lowest BCUT2D eigenvalue weighted by Crippen LogP contribution is -2.22. The van der Waals surface area contributed by atoms with Crippen LogP contribution in [-0.2, 0) is 6.54 Å². The highest BCUT2D eigenvalue weighted by atomic mass is 15.1. The van der Waals surface area contributed by atoms with Gasteiger partial charge in [-0.1, -0.05) is 6.07 Å². The molecule has 0 aliphatic carbocycles. The molecule has 0 bridgehead atoms. The van der Waals surface area contributed by atoms with Gasteiger partial charge in [-0.3, -0.25) is 4.98 Å². The molecule has 1 aromatic heterocycles. The summed E-state index contributed by atoms with van der Waals surface area (Å²) in [6, 6.07) is 4.10. The van der Waals surface area contributed by atoms with Crippen LogP contribution in [0.4, 0.5) is 0 Å². The van der Waals surface area contributed by atoms with Crippen LogP contribution in [0.1, 0.15) is 12.0 Å². The number of nitrogens with one attached hydrogen (secondary N) is 1. The van der Waals surface area contributed by atoms with Crippen molar-refractivity contribution >= 4 is 0 Å². The molecule has 1 rings (SSSR count). The van der Waals surface area contributed by atoms with E-state index in [0.717, 1.165) is 19.6 Å². The SMILES string of the molecule is CNCCCN(C)Cc1cccnc1. The molecule has 0 amide bonds. The van der Waals surface area contributed by atoms with Crippen molar-refractivity contribution in [2.24, 2.45) is 0 Å². The summed E-state index contributed by atoms with van der Waals surface area (Å²) < 4.78 is 0. The van der Waals surface area contributed by atoms with Gasteiger partial charge in [-0.2, -0.15) is 0 Å². The average molecular weight is 193 g/mol. The van der Waals surface area contributed by atoms with Gasteiger partial charge in [-0.15, -0.1) is 0 Å². The Morgan fingerprint density at radius 3 is 3.00 bits per heavy atom. The van der Waals surface area contributed by atoms with Crippen LogP contribution < -0.4 is 5.32 Å². The Balaban J connectivity index is 2.23. The zero-order chi connectivity index (χ0) is 10.2. The standard InChI is InChI=1S/C11H19N3/c1-12-6-4-8-14(2)10-11-5-3-7-13-9-11/h3,5,7,9,12H,4,6,8,10H2,1-2H3. The molecule has 14 heavy (non-hydrogen) atoms. The summed E-state index contributed by atoms with van der Waals surface area (Å²) >= 11 is 0. The number of nitrogens with zero attached hydrogens (tertiary/aromatic N) is 2. The van der Waals surface area contributed by atoms with Crippen molar-refractivity contribution in [1.82, 2.24) is 15.2 Å². The third-order valence-electron chi connectivity index (χ3n) is 2.14. The van der Waals surface area contributed by atoms with Gasteiger partial charge in [0.1, 0.15) is 0 Å². The van der Waals surface area contributed by atoms with Crippen molar-refractivity contribution in [3.8, 4) is 0 Å². The molecule has 3 nitrogen and oxygen atoms in total. The molecule has 0 aliphatic rings. The first kappa shape index (κ1) is 11.1. The summed E-state index contributed by atoms with van der Waals surface area (Å²) in [6.45, 7) is 3.19. The lowest BCUT2D eigenvalue weighted by atomic mass is 10.2.